The van der Waals surface area contributed by atoms with Gasteiger partial charge >= 0.3 is 5.92 Å². The molecule has 0 saturated heterocycles. The summed E-state index contributed by atoms with van der Waals surface area (Å²) >= 11 is 0. The zero-order valence-corrected chi connectivity index (χ0v) is 20.3. The van der Waals surface area contributed by atoms with Gasteiger partial charge in [-0.1, -0.05) is 31.9 Å². The molecule has 5 rings (SSSR count). The Hall–Kier alpha value is -2.50. The van der Waals surface area contributed by atoms with Crippen molar-refractivity contribution in [2.75, 3.05) is 6.61 Å². The van der Waals surface area contributed by atoms with Crippen LogP contribution >= 0.6 is 0 Å². The van der Waals surface area contributed by atoms with E-state index in [1.807, 2.05) is 0 Å². The van der Waals surface area contributed by atoms with E-state index in [9.17, 15) is 4.39 Å². The Bertz CT molecular complexity index is 1130. The summed E-state index contributed by atoms with van der Waals surface area (Å²) in [6, 6.07) is 5.67. The Kier molecular flexibility index (Phi) is 6.58. The highest BCUT2D eigenvalue weighted by Crippen LogP contribution is 2.55. The lowest BCUT2D eigenvalue weighted by molar-refractivity contribution is 0.0387. The fourth-order valence-corrected chi connectivity index (χ4v) is 6.21. The van der Waals surface area contributed by atoms with Crippen molar-refractivity contribution in [3.8, 4) is 16.9 Å². The molecule has 2 aromatic rings. The van der Waals surface area contributed by atoms with E-state index >= 15 is 13.2 Å². The number of halogens is 4. The standard InChI is InChI=1S/C29H32F4O2/c1-3-5-17-6-8-18(9-7-17)19-10-14-23(35-16-19)22-12-11-20-21-13-15-24(34-4-2)28(31)26(21)29(32,33)25(20)27(22)30/h11-13,15-18,23H,3-10,14H2,1-2H3. The molecule has 0 aromatic heterocycles. The average Bonchev–Trinajstić information content (AvgIpc) is 3.10. The Morgan fingerprint density at radius 1 is 0.914 bits per heavy atom. The third kappa shape index (κ3) is 4.13. The van der Waals surface area contributed by atoms with Crippen LogP contribution in [0.1, 0.15) is 88.0 Å². The van der Waals surface area contributed by atoms with Crippen molar-refractivity contribution in [3.05, 3.63) is 64.4 Å². The lowest BCUT2D eigenvalue weighted by Gasteiger charge is -2.33. The van der Waals surface area contributed by atoms with E-state index in [1.54, 1.807) is 13.2 Å². The summed E-state index contributed by atoms with van der Waals surface area (Å²) in [6.07, 6.45) is 9.69. The van der Waals surface area contributed by atoms with Gasteiger partial charge in [0.25, 0.3) is 0 Å². The Labute approximate surface area is 204 Å². The molecule has 0 spiro atoms. The molecule has 2 aliphatic carbocycles. The fraction of sp³-hybridized carbons (Fsp3) is 0.517. The molecule has 1 unspecified atom stereocenters. The SMILES string of the molecule is CCCC1CCC(C2=COC(c3ccc4c(c3F)C(F)(F)c3c-4ccc(OCC)c3F)CC2)CC1. The normalized spacial score (nSPS) is 24.9. The van der Waals surface area contributed by atoms with Gasteiger partial charge in [0.05, 0.1) is 24.0 Å². The molecule has 6 heteroatoms. The van der Waals surface area contributed by atoms with Gasteiger partial charge in [-0.25, -0.2) is 8.78 Å². The monoisotopic (exact) mass is 488 g/mol. The summed E-state index contributed by atoms with van der Waals surface area (Å²) in [6.45, 7) is 4.01. The number of hydrogen-bond acceptors (Lipinski definition) is 2. The Morgan fingerprint density at radius 2 is 1.60 bits per heavy atom. The van der Waals surface area contributed by atoms with Gasteiger partial charge in [-0.2, -0.15) is 8.78 Å². The lowest BCUT2D eigenvalue weighted by atomic mass is 9.76. The van der Waals surface area contributed by atoms with E-state index in [4.69, 9.17) is 9.47 Å². The van der Waals surface area contributed by atoms with Crippen LogP contribution in [0.2, 0.25) is 0 Å². The number of rotatable bonds is 6. The van der Waals surface area contributed by atoms with Crippen LogP contribution in [0, 0.1) is 23.5 Å². The molecule has 1 atom stereocenters. The summed E-state index contributed by atoms with van der Waals surface area (Å²) < 4.78 is 72.5. The van der Waals surface area contributed by atoms with Crippen LogP contribution in [-0.2, 0) is 10.7 Å². The first-order chi connectivity index (χ1) is 16.9. The molecule has 0 radical (unpaired) electrons. The topological polar surface area (TPSA) is 18.5 Å². The molecule has 1 aliphatic heterocycles. The molecule has 35 heavy (non-hydrogen) atoms. The van der Waals surface area contributed by atoms with Gasteiger partial charge in [0.15, 0.2) is 11.6 Å². The lowest BCUT2D eigenvalue weighted by Crippen LogP contribution is -2.20. The van der Waals surface area contributed by atoms with E-state index in [-0.39, 0.29) is 29.0 Å². The summed E-state index contributed by atoms with van der Waals surface area (Å²) in [5.74, 6) is -4.89. The number of ether oxygens (including phenoxy) is 2. The van der Waals surface area contributed by atoms with Gasteiger partial charge in [0.2, 0.25) is 0 Å². The number of fused-ring (bicyclic) bond motifs is 3. The summed E-state index contributed by atoms with van der Waals surface area (Å²) in [5.41, 5.74) is -0.222. The van der Waals surface area contributed by atoms with Crippen LogP contribution in [-0.4, -0.2) is 6.61 Å². The number of benzene rings is 2. The summed E-state index contributed by atoms with van der Waals surface area (Å²) in [7, 11) is 0. The molecule has 3 aliphatic rings. The minimum Gasteiger partial charge on any atom is -0.493 e. The number of hydrogen-bond donors (Lipinski definition) is 0. The van der Waals surface area contributed by atoms with Gasteiger partial charge in [-0.15, -0.1) is 0 Å². The molecule has 0 amide bonds. The van der Waals surface area contributed by atoms with Crippen molar-refractivity contribution >= 4 is 0 Å². The smallest absolute Gasteiger partial charge is 0.305 e. The molecule has 0 N–H and O–H groups in total. The zero-order chi connectivity index (χ0) is 24.7. The molecule has 188 valence electrons. The quantitative estimate of drug-likeness (QED) is 0.378. The van der Waals surface area contributed by atoms with E-state index in [0.29, 0.717) is 12.3 Å². The highest BCUT2D eigenvalue weighted by atomic mass is 19.3. The maximum absolute atomic E-state index is 15.6. The first kappa shape index (κ1) is 24.2. The van der Waals surface area contributed by atoms with Crippen molar-refractivity contribution in [2.24, 2.45) is 11.8 Å². The van der Waals surface area contributed by atoms with Crippen LogP contribution < -0.4 is 4.74 Å². The second-order valence-electron chi connectivity index (χ2n) is 10.1. The Morgan fingerprint density at radius 3 is 2.23 bits per heavy atom. The molecule has 1 fully saturated rings. The van der Waals surface area contributed by atoms with Crippen molar-refractivity contribution in [3.63, 3.8) is 0 Å². The van der Waals surface area contributed by atoms with Crippen LogP contribution in [0.3, 0.4) is 0 Å². The van der Waals surface area contributed by atoms with E-state index in [1.165, 1.54) is 55.5 Å². The van der Waals surface area contributed by atoms with Crippen LogP contribution in [0.15, 0.2) is 36.1 Å². The van der Waals surface area contributed by atoms with Gasteiger partial charge in [-0.05, 0) is 86.1 Å². The van der Waals surface area contributed by atoms with E-state index in [0.717, 1.165) is 25.2 Å². The van der Waals surface area contributed by atoms with Crippen LogP contribution in [0.4, 0.5) is 17.6 Å². The highest BCUT2D eigenvalue weighted by molar-refractivity contribution is 5.81. The van der Waals surface area contributed by atoms with Crippen molar-refractivity contribution in [1.82, 2.24) is 0 Å². The molecule has 2 nitrogen and oxygen atoms in total. The van der Waals surface area contributed by atoms with Crippen molar-refractivity contribution in [1.29, 1.82) is 0 Å². The third-order valence-electron chi connectivity index (χ3n) is 7.99. The molecular weight excluding hydrogens is 456 g/mol. The minimum atomic E-state index is -3.80. The molecule has 2 aromatic carbocycles. The minimum absolute atomic E-state index is 0.00169. The highest BCUT2D eigenvalue weighted by Gasteiger charge is 2.50. The first-order valence-electron chi connectivity index (χ1n) is 12.9. The van der Waals surface area contributed by atoms with Crippen molar-refractivity contribution in [2.45, 2.75) is 77.2 Å². The van der Waals surface area contributed by atoms with Gasteiger partial charge in [0.1, 0.15) is 11.9 Å². The van der Waals surface area contributed by atoms with Crippen LogP contribution in [0.5, 0.6) is 5.75 Å². The fourth-order valence-electron chi connectivity index (χ4n) is 6.21. The predicted octanol–water partition coefficient (Wildman–Crippen LogP) is 8.83. The second-order valence-corrected chi connectivity index (χ2v) is 10.1. The maximum atomic E-state index is 15.6. The largest absolute Gasteiger partial charge is 0.493 e. The van der Waals surface area contributed by atoms with E-state index < -0.39 is 34.8 Å². The van der Waals surface area contributed by atoms with Gasteiger partial charge in [-0.3, -0.25) is 0 Å². The first-order valence-corrected chi connectivity index (χ1v) is 12.9. The summed E-state index contributed by atoms with van der Waals surface area (Å²) in [5, 5.41) is 0. The Balaban J connectivity index is 1.38. The van der Waals surface area contributed by atoms with Gasteiger partial charge < -0.3 is 9.47 Å². The molecule has 1 saturated carbocycles. The summed E-state index contributed by atoms with van der Waals surface area (Å²) in [4.78, 5) is 0. The number of alkyl halides is 2. The van der Waals surface area contributed by atoms with Crippen LogP contribution in [0.25, 0.3) is 11.1 Å². The third-order valence-corrected chi connectivity index (χ3v) is 7.99. The molecule has 0 bridgehead atoms. The van der Waals surface area contributed by atoms with Gasteiger partial charge in [0, 0.05) is 5.56 Å². The molecular formula is C29H32F4O2. The molecule has 1 heterocycles. The van der Waals surface area contributed by atoms with Crippen molar-refractivity contribution < 1.29 is 27.0 Å². The maximum Gasteiger partial charge on any atom is 0.305 e. The predicted molar refractivity (Wildman–Crippen MR) is 127 cm³/mol. The average molecular weight is 489 g/mol. The van der Waals surface area contributed by atoms with E-state index in [2.05, 4.69) is 6.92 Å². The number of allylic oxidation sites excluding steroid dienone is 1. The zero-order valence-electron chi connectivity index (χ0n) is 20.3. The second kappa shape index (κ2) is 9.51.